The molecule has 7 nitrogen and oxygen atoms in total. The number of likely N-dealkylation sites (N-methyl/N-ethyl adjacent to an activating group) is 1. The van der Waals surface area contributed by atoms with Gasteiger partial charge in [0.1, 0.15) is 18.6 Å². The third kappa shape index (κ3) is 1.88. The summed E-state index contributed by atoms with van der Waals surface area (Å²) in [5.41, 5.74) is 7.43. The number of aromatic nitrogens is 1. The van der Waals surface area contributed by atoms with E-state index in [0.717, 1.165) is 4.90 Å². The topological polar surface area (TPSA) is 92.7 Å². The summed E-state index contributed by atoms with van der Waals surface area (Å²) in [5, 5.41) is 0. The number of imide groups is 1. The number of amides is 3. The molecule has 1 fully saturated rings. The van der Waals surface area contributed by atoms with Gasteiger partial charge in [0.25, 0.3) is 5.91 Å². The van der Waals surface area contributed by atoms with E-state index in [1.807, 2.05) is 0 Å². The Bertz CT molecular complexity index is 679. The molecule has 7 heteroatoms. The fraction of sp³-hybridized carbons (Fsp3) is 0.250. The van der Waals surface area contributed by atoms with Crippen LogP contribution in [0.25, 0.3) is 11.1 Å². The van der Waals surface area contributed by atoms with Crippen molar-refractivity contribution >= 4 is 28.7 Å². The summed E-state index contributed by atoms with van der Waals surface area (Å²) < 4.78 is 5.49. The number of anilines is 1. The van der Waals surface area contributed by atoms with Crippen molar-refractivity contribution in [3.05, 3.63) is 24.1 Å². The Morgan fingerprint density at radius 2 is 2.21 bits per heavy atom. The molecular weight excluding hydrogens is 248 g/mol. The predicted molar refractivity (Wildman–Crippen MR) is 67.0 cm³/mol. The second-order valence-electron chi connectivity index (χ2n) is 4.45. The van der Waals surface area contributed by atoms with E-state index in [1.54, 1.807) is 25.2 Å². The van der Waals surface area contributed by atoms with Gasteiger partial charge < -0.3 is 15.1 Å². The molecule has 0 radical (unpaired) electrons. The van der Waals surface area contributed by atoms with Crippen LogP contribution in [0.3, 0.4) is 0 Å². The Balaban J connectivity index is 1.89. The summed E-state index contributed by atoms with van der Waals surface area (Å²) in [5.74, 6) is 0.0619. The molecule has 0 unspecified atom stereocenters. The van der Waals surface area contributed by atoms with E-state index in [0.29, 0.717) is 22.7 Å². The fourth-order valence-corrected chi connectivity index (χ4v) is 2.02. The van der Waals surface area contributed by atoms with E-state index < -0.39 is 0 Å². The van der Waals surface area contributed by atoms with Crippen LogP contribution in [0.5, 0.6) is 0 Å². The van der Waals surface area contributed by atoms with Crippen LogP contribution in [0.4, 0.5) is 10.5 Å². The third-order valence-corrected chi connectivity index (χ3v) is 2.98. The molecule has 0 bridgehead atoms. The lowest BCUT2D eigenvalue weighted by atomic mass is 10.3. The van der Waals surface area contributed by atoms with Gasteiger partial charge >= 0.3 is 6.03 Å². The van der Waals surface area contributed by atoms with E-state index in [9.17, 15) is 9.59 Å². The lowest BCUT2D eigenvalue weighted by Gasteiger charge is -2.11. The van der Waals surface area contributed by atoms with Crippen LogP contribution in [-0.2, 0) is 11.3 Å². The lowest BCUT2D eigenvalue weighted by Crippen LogP contribution is -2.31. The van der Waals surface area contributed by atoms with Gasteiger partial charge in [-0.25, -0.2) is 9.78 Å². The molecule has 1 saturated heterocycles. The van der Waals surface area contributed by atoms with Crippen LogP contribution in [0.15, 0.2) is 22.6 Å². The number of oxazole rings is 1. The molecule has 2 N–H and O–H groups in total. The van der Waals surface area contributed by atoms with Gasteiger partial charge in [-0.2, -0.15) is 0 Å². The fourth-order valence-electron chi connectivity index (χ4n) is 2.02. The van der Waals surface area contributed by atoms with Gasteiger partial charge in [0.15, 0.2) is 5.58 Å². The van der Waals surface area contributed by atoms with Crippen molar-refractivity contribution in [2.45, 2.75) is 6.54 Å². The highest BCUT2D eigenvalue weighted by Crippen LogP contribution is 2.20. The van der Waals surface area contributed by atoms with Crippen LogP contribution in [0.2, 0.25) is 0 Å². The summed E-state index contributed by atoms with van der Waals surface area (Å²) in [6.45, 7) is 0.128. The minimum absolute atomic E-state index is 0.0383. The Morgan fingerprint density at radius 3 is 2.89 bits per heavy atom. The van der Waals surface area contributed by atoms with Gasteiger partial charge in [0.05, 0.1) is 0 Å². The standard InChI is InChI=1S/C12H12N4O3/c1-15-6-11(17)16(12(15)18)5-10-14-8-4-7(13)2-3-9(8)19-10/h2-4H,5-6,13H2,1H3. The van der Waals surface area contributed by atoms with Crippen molar-refractivity contribution in [2.75, 3.05) is 19.3 Å². The van der Waals surface area contributed by atoms with Crippen molar-refractivity contribution in [1.82, 2.24) is 14.8 Å². The molecule has 2 aromatic rings. The summed E-state index contributed by atoms with van der Waals surface area (Å²) in [7, 11) is 1.58. The average molecular weight is 260 g/mol. The smallest absolute Gasteiger partial charge is 0.327 e. The second kappa shape index (κ2) is 3.98. The minimum Gasteiger partial charge on any atom is -0.439 e. The minimum atomic E-state index is -0.341. The van der Waals surface area contributed by atoms with Crippen LogP contribution in [0, 0.1) is 0 Å². The number of hydrogen-bond donors (Lipinski definition) is 1. The number of carbonyl (C=O) groups excluding carboxylic acids is 2. The maximum absolute atomic E-state index is 11.7. The first kappa shape index (κ1) is 11.5. The maximum Gasteiger partial charge on any atom is 0.327 e. The SMILES string of the molecule is CN1CC(=O)N(Cc2nc3cc(N)ccc3o2)C1=O. The number of nitrogens with zero attached hydrogens (tertiary/aromatic N) is 3. The number of urea groups is 1. The molecular formula is C12H12N4O3. The first-order valence-electron chi connectivity index (χ1n) is 5.75. The molecule has 1 aromatic heterocycles. The highest BCUT2D eigenvalue weighted by atomic mass is 16.3. The van der Waals surface area contributed by atoms with Crippen LogP contribution >= 0.6 is 0 Å². The van der Waals surface area contributed by atoms with Gasteiger partial charge in [-0.15, -0.1) is 0 Å². The maximum atomic E-state index is 11.7. The van der Waals surface area contributed by atoms with Gasteiger partial charge in [0.2, 0.25) is 5.89 Å². The van der Waals surface area contributed by atoms with Gasteiger partial charge in [-0.05, 0) is 18.2 Å². The van der Waals surface area contributed by atoms with Crippen molar-refractivity contribution in [1.29, 1.82) is 0 Å². The molecule has 3 amide bonds. The number of rotatable bonds is 2. The zero-order chi connectivity index (χ0) is 13.6. The van der Waals surface area contributed by atoms with E-state index in [1.165, 1.54) is 4.90 Å². The quantitative estimate of drug-likeness (QED) is 0.637. The number of nitrogen functional groups attached to an aromatic ring is 1. The first-order chi connectivity index (χ1) is 9.04. The normalized spacial score (nSPS) is 15.8. The molecule has 0 spiro atoms. The highest BCUT2D eigenvalue weighted by Gasteiger charge is 2.34. The van der Waals surface area contributed by atoms with Crippen molar-refractivity contribution in [3.8, 4) is 0 Å². The van der Waals surface area contributed by atoms with Crippen LogP contribution in [0.1, 0.15) is 5.89 Å². The monoisotopic (exact) mass is 260 g/mol. The number of fused-ring (bicyclic) bond motifs is 1. The van der Waals surface area contributed by atoms with E-state index in [-0.39, 0.29) is 25.0 Å². The van der Waals surface area contributed by atoms with Crippen LogP contribution < -0.4 is 5.73 Å². The van der Waals surface area contributed by atoms with E-state index in [4.69, 9.17) is 10.2 Å². The van der Waals surface area contributed by atoms with Gasteiger partial charge in [0, 0.05) is 12.7 Å². The lowest BCUT2D eigenvalue weighted by molar-refractivity contribution is -0.125. The largest absolute Gasteiger partial charge is 0.439 e. The third-order valence-electron chi connectivity index (χ3n) is 2.98. The van der Waals surface area contributed by atoms with Gasteiger partial charge in [-0.1, -0.05) is 0 Å². The molecule has 1 aromatic carbocycles. The van der Waals surface area contributed by atoms with Gasteiger partial charge in [-0.3, -0.25) is 9.69 Å². The number of benzene rings is 1. The van der Waals surface area contributed by atoms with Crippen molar-refractivity contribution in [2.24, 2.45) is 0 Å². The van der Waals surface area contributed by atoms with E-state index >= 15 is 0 Å². The Labute approximate surface area is 108 Å². The Morgan fingerprint density at radius 1 is 1.42 bits per heavy atom. The zero-order valence-corrected chi connectivity index (χ0v) is 10.3. The number of nitrogens with two attached hydrogens (primary N) is 1. The van der Waals surface area contributed by atoms with Crippen molar-refractivity contribution in [3.63, 3.8) is 0 Å². The molecule has 1 aliphatic heterocycles. The molecule has 98 valence electrons. The summed E-state index contributed by atoms with van der Waals surface area (Å²) in [6.07, 6.45) is 0. The Hall–Kier alpha value is -2.57. The first-order valence-corrected chi connectivity index (χ1v) is 5.75. The molecule has 1 aliphatic rings. The predicted octanol–water partition coefficient (Wildman–Crippen LogP) is 0.804. The van der Waals surface area contributed by atoms with E-state index in [2.05, 4.69) is 4.98 Å². The Kier molecular flexibility index (Phi) is 2.41. The molecule has 0 atom stereocenters. The molecule has 3 rings (SSSR count). The summed E-state index contributed by atoms with van der Waals surface area (Å²) in [6, 6.07) is 4.76. The highest BCUT2D eigenvalue weighted by molar-refractivity contribution is 6.01. The van der Waals surface area contributed by atoms with Crippen molar-refractivity contribution < 1.29 is 14.0 Å². The molecule has 0 aliphatic carbocycles. The molecule has 19 heavy (non-hydrogen) atoms. The second-order valence-corrected chi connectivity index (χ2v) is 4.45. The summed E-state index contributed by atoms with van der Waals surface area (Å²) >= 11 is 0. The summed E-state index contributed by atoms with van der Waals surface area (Å²) in [4.78, 5) is 30.1. The number of carbonyl (C=O) groups is 2. The molecule has 0 saturated carbocycles. The molecule has 2 heterocycles. The average Bonchev–Trinajstić information content (AvgIpc) is 2.85. The zero-order valence-electron chi connectivity index (χ0n) is 10.3. The number of hydrogen-bond acceptors (Lipinski definition) is 5. The van der Waals surface area contributed by atoms with Crippen LogP contribution in [-0.4, -0.2) is 40.3 Å².